The second kappa shape index (κ2) is 4.74. The van der Waals surface area contributed by atoms with Crippen molar-refractivity contribution in [1.29, 1.82) is 0 Å². The van der Waals surface area contributed by atoms with Crippen LogP contribution < -0.4 is 14.2 Å². The predicted octanol–water partition coefficient (Wildman–Crippen LogP) is 2.29. The molecule has 0 spiro atoms. The summed E-state index contributed by atoms with van der Waals surface area (Å²) in [7, 11) is 3.18. The summed E-state index contributed by atoms with van der Waals surface area (Å²) in [5.41, 5.74) is 0. The minimum atomic E-state index is 0.0774. The zero-order valence-electron chi connectivity index (χ0n) is 8.96. The van der Waals surface area contributed by atoms with Gasteiger partial charge in [0.2, 0.25) is 5.75 Å². The monoisotopic (exact) mass is 195 g/mol. The van der Waals surface area contributed by atoms with Crippen molar-refractivity contribution in [2.75, 3.05) is 14.2 Å². The normalized spacial score (nSPS) is 10.1. The van der Waals surface area contributed by atoms with Gasteiger partial charge in [-0.1, -0.05) is 0 Å². The highest BCUT2D eigenvalue weighted by Crippen LogP contribution is 2.36. The molecule has 14 heavy (non-hydrogen) atoms. The third-order valence-corrected chi connectivity index (χ3v) is 1.66. The first kappa shape index (κ1) is 10.7. The van der Waals surface area contributed by atoms with Crippen LogP contribution in [0.3, 0.4) is 0 Å². The minimum absolute atomic E-state index is 0.0774. The Morgan fingerprint density at radius 3 is 2.43 bits per heavy atom. The molecule has 0 aliphatic heterocycles. The van der Waals surface area contributed by atoms with Crippen LogP contribution in [0.1, 0.15) is 13.8 Å². The second-order valence-electron chi connectivity index (χ2n) is 3.08. The SMILES string of the molecule is COc1[c]ccc(OC)c1OC(C)C. The van der Waals surface area contributed by atoms with E-state index in [4.69, 9.17) is 14.2 Å². The number of ether oxygens (including phenoxy) is 3. The summed E-state index contributed by atoms with van der Waals surface area (Å²) in [4.78, 5) is 0. The van der Waals surface area contributed by atoms with E-state index < -0.39 is 0 Å². The van der Waals surface area contributed by atoms with Gasteiger partial charge in [0.05, 0.1) is 20.3 Å². The van der Waals surface area contributed by atoms with Gasteiger partial charge in [-0.15, -0.1) is 0 Å². The van der Waals surface area contributed by atoms with E-state index in [2.05, 4.69) is 6.07 Å². The summed E-state index contributed by atoms with van der Waals surface area (Å²) in [6.45, 7) is 3.90. The molecule has 0 saturated carbocycles. The van der Waals surface area contributed by atoms with E-state index in [1.54, 1.807) is 26.4 Å². The molecular formula is C11H15O3. The highest BCUT2D eigenvalue weighted by molar-refractivity contribution is 5.50. The van der Waals surface area contributed by atoms with Crippen LogP contribution in [0.4, 0.5) is 0 Å². The highest BCUT2D eigenvalue weighted by Gasteiger charge is 2.12. The van der Waals surface area contributed by atoms with Gasteiger partial charge in [-0.05, 0) is 26.0 Å². The molecule has 1 rings (SSSR count). The van der Waals surface area contributed by atoms with Crippen LogP contribution in [-0.4, -0.2) is 20.3 Å². The Morgan fingerprint density at radius 2 is 1.93 bits per heavy atom. The summed E-state index contributed by atoms with van der Waals surface area (Å²) >= 11 is 0. The Labute approximate surface area is 84.6 Å². The molecular weight excluding hydrogens is 180 g/mol. The average Bonchev–Trinajstić information content (AvgIpc) is 2.17. The first-order valence-electron chi connectivity index (χ1n) is 4.48. The second-order valence-corrected chi connectivity index (χ2v) is 3.08. The molecule has 0 atom stereocenters. The van der Waals surface area contributed by atoms with Crippen molar-refractivity contribution in [3.05, 3.63) is 18.2 Å². The lowest BCUT2D eigenvalue weighted by atomic mass is 10.3. The summed E-state index contributed by atoms with van der Waals surface area (Å²) in [5, 5.41) is 0. The molecule has 0 N–H and O–H groups in total. The van der Waals surface area contributed by atoms with Gasteiger partial charge in [0.1, 0.15) is 0 Å². The summed E-state index contributed by atoms with van der Waals surface area (Å²) < 4.78 is 15.9. The molecule has 0 heterocycles. The summed E-state index contributed by atoms with van der Waals surface area (Å²) in [6, 6.07) is 6.47. The van der Waals surface area contributed by atoms with Crippen molar-refractivity contribution in [2.24, 2.45) is 0 Å². The topological polar surface area (TPSA) is 27.7 Å². The zero-order valence-corrected chi connectivity index (χ0v) is 8.96. The Bertz CT molecular complexity index is 272. The van der Waals surface area contributed by atoms with E-state index in [1.165, 1.54) is 0 Å². The van der Waals surface area contributed by atoms with Crippen LogP contribution in [-0.2, 0) is 0 Å². The molecule has 0 aromatic heterocycles. The number of hydrogen-bond acceptors (Lipinski definition) is 3. The smallest absolute Gasteiger partial charge is 0.204 e. The van der Waals surface area contributed by atoms with Gasteiger partial charge in [-0.25, -0.2) is 0 Å². The molecule has 77 valence electrons. The number of methoxy groups -OCH3 is 2. The van der Waals surface area contributed by atoms with Crippen molar-refractivity contribution in [2.45, 2.75) is 20.0 Å². The van der Waals surface area contributed by atoms with Gasteiger partial charge in [-0.3, -0.25) is 0 Å². The molecule has 0 fully saturated rings. The fraction of sp³-hybridized carbons (Fsp3) is 0.455. The maximum absolute atomic E-state index is 5.58. The molecule has 0 unspecified atom stereocenters. The van der Waals surface area contributed by atoms with Gasteiger partial charge in [0.25, 0.3) is 0 Å². The third-order valence-electron chi connectivity index (χ3n) is 1.66. The number of rotatable bonds is 4. The highest BCUT2D eigenvalue weighted by atomic mass is 16.5. The van der Waals surface area contributed by atoms with E-state index in [0.29, 0.717) is 17.2 Å². The van der Waals surface area contributed by atoms with E-state index in [1.807, 2.05) is 13.8 Å². The van der Waals surface area contributed by atoms with Crippen LogP contribution in [0, 0.1) is 6.07 Å². The van der Waals surface area contributed by atoms with Crippen LogP contribution in [0.25, 0.3) is 0 Å². The van der Waals surface area contributed by atoms with Crippen LogP contribution in [0.15, 0.2) is 12.1 Å². The van der Waals surface area contributed by atoms with E-state index in [-0.39, 0.29) is 6.10 Å². The maximum Gasteiger partial charge on any atom is 0.204 e. The fourth-order valence-electron chi connectivity index (χ4n) is 1.11. The quantitative estimate of drug-likeness (QED) is 0.737. The van der Waals surface area contributed by atoms with Gasteiger partial charge in [0.15, 0.2) is 11.5 Å². The third kappa shape index (κ3) is 2.31. The number of hydrogen-bond donors (Lipinski definition) is 0. The molecule has 0 aliphatic rings. The van der Waals surface area contributed by atoms with Crippen LogP contribution in [0.2, 0.25) is 0 Å². The van der Waals surface area contributed by atoms with Crippen molar-refractivity contribution < 1.29 is 14.2 Å². The van der Waals surface area contributed by atoms with Crippen molar-refractivity contribution in [3.63, 3.8) is 0 Å². The summed E-state index contributed by atoms with van der Waals surface area (Å²) in [5.74, 6) is 1.83. The molecule has 1 radical (unpaired) electrons. The minimum Gasteiger partial charge on any atom is -0.493 e. The average molecular weight is 195 g/mol. The van der Waals surface area contributed by atoms with E-state index >= 15 is 0 Å². The van der Waals surface area contributed by atoms with Gasteiger partial charge < -0.3 is 14.2 Å². The summed E-state index contributed by atoms with van der Waals surface area (Å²) in [6.07, 6.45) is 0.0774. The van der Waals surface area contributed by atoms with Crippen molar-refractivity contribution in [1.82, 2.24) is 0 Å². The van der Waals surface area contributed by atoms with Crippen molar-refractivity contribution >= 4 is 0 Å². The van der Waals surface area contributed by atoms with E-state index in [9.17, 15) is 0 Å². The molecule has 0 bridgehead atoms. The van der Waals surface area contributed by atoms with Crippen molar-refractivity contribution in [3.8, 4) is 17.2 Å². The predicted molar refractivity (Wildman–Crippen MR) is 54.1 cm³/mol. The Balaban J connectivity index is 3.05. The van der Waals surface area contributed by atoms with Gasteiger partial charge in [-0.2, -0.15) is 0 Å². The Hall–Kier alpha value is -1.38. The van der Waals surface area contributed by atoms with E-state index in [0.717, 1.165) is 0 Å². The van der Waals surface area contributed by atoms with Gasteiger partial charge >= 0.3 is 0 Å². The molecule has 0 saturated heterocycles. The lowest BCUT2D eigenvalue weighted by molar-refractivity contribution is 0.218. The number of benzene rings is 1. The lowest BCUT2D eigenvalue weighted by Gasteiger charge is -2.15. The van der Waals surface area contributed by atoms with Gasteiger partial charge in [0, 0.05) is 6.07 Å². The van der Waals surface area contributed by atoms with Crippen LogP contribution in [0.5, 0.6) is 17.2 Å². The first-order chi connectivity index (χ1) is 6.69. The molecule has 1 aromatic carbocycles. The Kier molecular flexibility index (Phi) is 3.63. The zero-order chi connectivity index (χ0) is 10.6. The van der Waals surface area contributed by atoms with Crippen LogP contribution >= 0.6 is 0 Å². The molecule has 0 aliphatic carbocycles. The standard InChI is InChI=1S/C11H15O3/c1-8(2)14-11-9(12-3)6-5-7-10(11)13-4/h5-6,8H,1-4H3. The molecule has 0 amide bonds. The molecule has 1 aromatic rings. The lowest BCUT2D eigenvalue weighted by Crippen LogP contribution is -2.07. The largest absolute Gasteiger partial charge is 0.493 e. The molecule has 3 nitrogen and oxygen atoms in total. The molecule has 3 heteroatoms. The Morgan fingerprint density at radius 1 is 1.21 bits per heavy atom. The first-order valence-corrected chi connectivity index (χ1v) is 4.48. The fourth-order valence-corrected chi connectivity index (χ4v) is 1.11. The maximum atomic E-state index is 5.58.